The minimum atomic E-state index is -1.32. The number of carbonyl (C=O) groups is 2. The first-order valence-electron chi connectivity index (χ1n) is 5.70. The molecule has 1 aromatic carbocycles. The summed E-state index contributed by atoms with van der Waals surface area (Å²) in [6, 6.07) is 9.26. The van der Waals surface area contributed by atoms with Gasteiger partial charge in [-0.05, 0) is 5.56 Å². The molecule has 0 bridgehead atoms. The molecule has 2 aromatic rings. The lowest BCUT2D eigenvalue weighted by Gasteiger charge is -2.04. The van der Waals surface area contributed by atoms with Crippen LogP contribution in [0.5, 0.6) is 5.75 Å². The molecule has 0 amide bonds. The Labute approximate surface area is 114 Å². The van der Waals surface area contributed by atoms with Gasteiger partial charge >= 0.3 is 12.1 Å². The molecule has 1 heterocycles. The van der Waals surface area contributed by atoms with Crippen LogP contribution in [0.2, 0.25) is 0 Å². The lowest BCUT2D eigenvalue weighted by Crippen LogP contribution is -2.10. The first kappa shape index (κ1) is 13.6. The van der Waals surface area contributed by atoms with E-state index < -0.39 is 12.1 Å². The molecule has 2 rings (SSSR count). The van der Waals surface area contributed by atoms with Crippen molar-refractivity contribution in [3.63, 3.8) is 0 Å². The molecule has 0 radical (unpaired) electrons. The quantitative estimate of drug-likeness (QED) is 0.856. The molecule has 1 aromatic heterocycles. The van der Waals surface area contributed by atoms with Crippen molar-refractivity contribution >= 4 is 12.1 Å². The monoisotopic (exact) mass is 276 g/mol. The molecule has 0 aliphatic heterocycles. The summed E-state index contributed by atoms with van der Waals surface area (Å²) in [5.74, 6) is -0.698. The molecular formula is C13H12N2O5. The molecule has 1 N–H and O–H groups in total. The van der Waals surface area contributed by atoms with Gasteiger partial charge in [-0.1, -0.05) is 30.3 Å². The van der Waals surface area contributed by atoms with Crippen molar-refractivity contribution in [3.8, 4) is 5.75 Å². The number of ether oxygens (including phenoxy) is 2. The van der Waals surface area contributed by atoms with Crippen LogP contribution in [0, 0.1) is 0 Å². The second-order valence-electron chi connectivity index (χ2n) is 3.83. The van der Waals surface area contributed by atoms with Crippen molar-refractivity contribution in [2.24, 2.45) is 0 Å². The number of carboxylic acid groups (broad SMARTS) is 1. The third kappa shape index (κ3) is 2.94. The summed E-state index contributed by atoms with van der Waals surface area (Å²) >= 11 is 0. The Bertz CT molecular complexity index is 621. The first-order valence-corrected chi connectivity index (χ1v) is 5.70. The van der Waals surface area contributed by atoms with Crippen molar-refractivity contribution in [1.29, 1.82) is 0 Å². The van der Waals surface area contributed by atoms with Gasteiger partial charge in [0.25, 0.3) is 0 Å². The Hall–Kier alpha value is -2.83. The van der Waals surface area contributed by atoms with Gasteiger partial charge in [0.2, 0.25) is 5.69 Å². The zero-order valence-electron chi connectivity index (χ0n) is 10.6. The molecule has 104 valence electrons. The normalized spacial score (nSPS) is 10.1. The van der Waals surface area contributed by atoms with E-state index in [0.29, 0.717) is 4.68 Å². The zero-order valence-corrected chi connectivity index (χ0v) is 10.6. The molecular weight excluding hydrogens is 264 g/mol. The smallest absolute Gasteiger partial charge is 0.432 e. The van der Waals surface area contributed by atoms with E-state index in [4.69, 9.17) is 9.84 Å². The number of benzene rings is 1. The molecule has 0 aliphatic rings. The third-order valence-corrected chi connectivity index (χ3v) is 2.49. The van der Waals surface area contributed by atoms with E-state index in [1.165, 1.54) is 7.11 Å². The van der Waals surface area contributed by atoms with E-state index in [9.17, 15) is 9.59 Å². The lowest BCUT2D eigenvalue weighted by molar-refractivity contribution is 0.0588. The van der Waals surface area contributed by atoms with E-state index in [0.717, 1.165) is 11.8 Å². The maximum atomic E-state index is 11.5. The average Bonchev–Trinajstić information content (AvgIpc) is 2.90. The van der Waals surface area contributed by atoms with Gasteiger partial charge in [-0.15, -0.1) is 0 Å². The number of aromatic nitrogens is 2. The Morgan fingerprint density at radius 3 is 2.60 bits per heavy atom. The number of hydrogen-bond donors (Lipinski definition) is 1. The highest BCUT2D eigenvalue weighted by molar-refractivity contribution is 5.90. The van der Waals surface area contributed by atoms with Gasteiger partial charge in [0, 0.05) is 0 Å². The van der Waals surface area contributed by atoms with Gasteiger partial charge in [0.15, 0.2) is 5.75 Å². The van der Waals surface area contributed by atoms with E-state index in [2.05, 4.69) is 9.84 Å². The molecule has 0 spiro atoms. The molecule has 0 atom stereocenters. The number of carbonyl (C=O) groups excluding carboxylic acids is 1. The molecule has 7 nitrogen and oxygen atoms in total. The summed E-state index contributed by atoms with van der Waals surface area (Å²) in [5.41, 5.74) is 0.706. The van der Waals surface area contributed by atoms with Gasteiger partial charge in [-0.3, -0.25) is 0 Å². The first-order chi connectivity index (χ1) is 9.61. The van der Waals surface area contributed by atoms with E-state index in [1.807, 2.05) is 30.3 Å². The maximum absolute atomic E-state index is 11.5. The van der Waals surface area contributed by atoms with Crippen LogP contribution in [0.15, 0.2) is 36.5 Å². The van der Waals surface area contributed by atoms with E-state index in [1.54, 1.807) is 0 Å². The van der Waals surface area contributed by atoms with Gasteiger partial charge in [0.05, 0.1) is 13.3 Å². The van der Waals surface area contributed by atoms with Gasteiger partial charge < -0.3 is 14.6 Å². The summed E-state index contributed by atoms with van der Waals surface area (Å²) < 4.78 is 10.6. The number of esters is 1. The highest BCUT2D eigenvalue weighted by Gasteiger charge is 2.21. The molecule has 20 heavy (non-hydrogen) atoms. The summed E-state index contributed by atoms with van der Waals surface area (Å²) in [4.78, 5) is 22.4. The highest BCUT2D eigenvalue weighted by Crippen LogP contribution is 2.19. The van der Waals surface area contributed by atoms with Crippen LogP contribution in [0.3, 0.4) is 0 Å². The molecule has 0 saturated carbocycles. The predicted octanol–water partition coefficient (Wildman–Crippen LogP) is 1.77. The number of methoxy groups -OCH3 is 1. The van der Waals surface area contributed by atoms with Crippen molar-refractivity contribution < 1.29 is 24.2 Å². The molecule has 0 unspecified atom stereocenters. The third-order valence-electron chi connectivity index (χ3n) is 2.49. The van der Waals surface area contributed by atoms with Crippen LogP contribution in [-0.2, 0) is 11.3 Å². The van der Waals surface area contributed by atoms with E-state index in [-0.39, 0.29) is 18.1 Å². The number of hydrogen-bond acceptors (Lipinski definition) is 5. The van der Waals surface area contributed by atoms with Crippen LogP contribution in [-0.4, -0.2) is 34.1 Å². The fraction of sp³-hybridized carbons (Fsp3) is 0.154. The van der Waals surface area contributed by atoms with Crippen LogP contribution >= 0.6 is 0 Å². The molecule has 7 heteroatoms. The second kappa shape index (κ2) is 5.87. The van der Waals surface area contributed by atoms with Crippen LogP contribution in [0.25, 0.3) is 0 Å². The van der Waals surface area contributed by atoms with Crippen molar-refractivity contribution in [1.82, 2.24) is 9.78 Å². The Kier molecular flexibility index (Phi) is 3.99. The second-order valence-corrected chi connectivity index (χ2v) is 3.83. The van der Waals surface area contributed by atoms with Gasteiger partial charge in [-0.2, -0.15) is 9.78 Å². The number of rotatable bonds is 4. The SMILES string of the molecule is COC(=O)c1nn(C(=O)O)cc1OCc1ccccc1. The van der Waals surface area contributed by atoms with Crippen LogP contribution in [0.4, 0.5) is 4.79 Å². The van der Waals surface area contributed by atoms with Crippen molar-refractivity contribution in [3.05, 3.63) is 47.8 Å². The van der Waals surface area contributed by atoms with Gasteiger partial charge in [0.1, 0.15) is 6.61 Å². The Balaban J connectivity index is 2.21. The fourth-order valence-electron chi connectivity index (χ4n) is 1.54. The summed E-state index contributed by atoms with van der Waals surface area (Å²) in [6.07, 6.45) is -0.193. The standard InChI is InChI=1S/C13H12N2O5/c1-19-12(16)11-10(7-15(14-11)13(17)18)20-8-9-5-3-2-4-6-9/h2-7H,8H2,1H3,(H,17,18). The summed E-state index contributed by atoms with van der Waals surface area (Å²) in [7, 11) is 1.18. The zero-order chi connectivity index (χ0) is 14.5. The lowest BCUT2D eigenvalue weighted by atomic mass is 10.2. The predicted molar refractivity (Wildman–Crippen MR) is 67.8 cm³/mol. The van der Waals surface area contributed by atoms with E-state index >= 15 is 0 Å². The van der Waals surface area contributed by atoms with Crippen molar-refractivity contribution in [2.75, 3.05) is 7.11 Å². The minimum absolute atomic E-state index is 0.0584. The molecule has 0 aliphatic carbocycles. The largest absolute Gasteiger partial charge is 0.485 e. The molecule has 0 fully saturated rings. The Morgan fingerprint density at radius 1 is 1.30 bits per heavy atom. The topological polar surface area (TPSA) is 90.7 Å². The summed E-state index contributed by atoms with van der Waals surface area (Å²) in [6.45, 7) is 0.191. The highest BCUT2D eigenvalue weighted by atomic mass is 16.5. The van der Waals surface area contributed by atoms with Crippen molar-refractivity contribution in [2.45, 2.75) is 6.61 Å². The van der Waals surface area contributed by atoms with Crippen LogP contribution < -0.4 is 4.74 Å². The van der Waals surface area contributed by atoms with Gasteiger partial charge in [-0.25, -0.2) is 9.59 Å². The minimum Gasteiger partial charge on any atom is -0.485 e. The Morgan fingerprint density at radius 2 is 2.00 bits per heavy atom. The fourth-order valence-corrected chi connectivity index (χ4v) is 1.54. The maximum Gasteiger partial charge on any atom is 0.432 e. The molecule has 0 saturated heterocycles. The number of nitrogens with zero attached hydrogens (tertiary/aromatic N) is 2. The van der Waals surface area contributed by atoms with Crippen LogP contribution in [0.1, 0.15) is 16.1 Å². The average molecular weight is 276 g/mol. The summed E-state index contributed by atoms with van der Waals surface area (Å²) in [5, 5.41) is 12.5.